The van der Waals surface area contributed by atoms with Gasteiger partial charge in [0.2, 0.25) is 0 Å². The van der Waals surface area contributed by atoms with Gasteiger partial charge in [-0.2, -0.15) is 0 Å². The Morgan fingerprint density at radius 3 is 2.53 bits per heavy atom. The minimum atomic E-state index is -0.297. The number of benzene rings is 2. The van der Waals surface area contributed by atoms with E-state index >= 15 is 0 Å². The number of hydrogen-bond donors (Lipinski definition) is 0. The van der Waals surface area contributed by atoms with Crippen LogP contribution in [-0.4, -0.2) is 38.3 Å². The van der Waals surface area contributed by atoms with Crippen molar-refractivity contribution in [1.82, 2.24) is 4.98 Å². The molecule has 5 nitrogen and oxygen atoms in total. The first kappa shape index (κ1) is 20.1. The van der Waals surface area contributed by atoms with Crippen molar-refractivity contribution < 1.29 is 18.7 Å². The molecule has 156 valence electrons. The predicted molar refractivity (Wildman–Crippen MR) is 114 cm³/mol. The Morgan fingerprint density at radius 1 is 1.10 bits per heavy atom. The highest BCUT2D eigenvalue weighted by Gasteiger charge is 2.44. The quantitative estimate of drug-likeness (QED) is 0.580. The van der Waals surface area contributed by atoms with Crippen LogP contribution in [-0.2, 0) is 9.53 Å². The van der Waals surface area contributed by atoms with Crippen molar-refractivity contribution >= 4 is 22.7 Å². The molecule has 0 saturated heterocycles. The van der Waals surface area contributed by atoms with Crippen LogP contribution in [0.3, 0.4) is 0 Å². The molecule has 1 aliphatic carbocycles. The molecule has 3 aromatic rings. The number of esters is 1. The Morgan fingerprint density at radius 2 is 1.83 bits per heavy atom. The Hall–Kier alpha value is -3.15. The lowest BCUT2D eigenvalue weighted by molar-refractivity contribution is -0.145. The molecule has 1 aliphatic rings. The average Bonchev–Trinajstić information content (AvgIpc) is 3.22. The summed E-state index contributed by atoms with van der Waals surface area (Å²) >= 11 is 0. The van der Waals surface area contributed by atoms with Gasteiger partial charge in [-0.25, -0.2) is 9.37 Å². The van der Waals surface area contributed by atoms with Crippen molar-refractivity contribution in [2.24, 2.45) is 5.92 Å². The van der Waals surface area contributed by atoms with Gasteiger partial charge in [-0.1, -0.05) is 30.3 Å². The topological polar surface area (TPSA) is 51.7 Å². The number of nitrogens with zero attached hydrogens (tertiary/aromatic N) is 2. The summed E-state index contributed by atoms with van der Waals surface area (Å²) in [7, 11) is 5.02. The number of aromatic nitrogens is 1. The number of fused-ring (bicyclic) bond motifs is 1. The van der Waals surface area contributed by atoms with Crippen molar-refractivity contribution in [1.29, 1.82) is 0 Å². The molecule has 6 heteroatoms. The van der Waals surface area contributed by atoms with Gasteiger partial charge in [0.25, 0.3) is 0 Å². The number of pyridine rings is 1. The van der Waals surface area contributed by atoms with Gasteiger partial charge in [-0.15, -0.1) is 0 Å². The third kappa shape index (κ3) is 3.58. The monoisotopic (exact) mass is 408 g/mol. The van der Waals surface area contributed by atoms with Gasteiger partial charge in [0.15, 0.2) is 11.6 Å². The zero-order chi connectivity index (χ0) is 21.3. The highest BCUT2D eigenvalue weighted by atomic mass is 19.1. The smallest absolute Gasteiger partial charge is 0.309 e. The second kappa shape index (κ2) is 8.30. The fraction of sp³-hybridized carbons (Fsp3) is 0.333. The lowest BCUT2D eigenvalue weighted by atomic mass is 9.86. The first-order chi connectivity index (χ1) is 14.5. The van der Waals surface area contributed by atoms with Crippen LogP contribution < -0.4 is 9.64 Å². The van der Waals surface area contributed by atoms with Gasteiger partial charge in [0, 0.05) is 24.4 Å². The van der Waals surface area contributed by atoms with Crippen molar-refractivity contribution in [3.63, 3.8) is 0 Å². The van der Waals surface area contributed by atoms with Gasteiger partial charge in [-0.05, 0) is 42.7 Å². The molecule has 2 aromatic carbocycles. The second-order valence-electron chi connectivity index (χ2n) is 7.67. The number of carbonyl (C=O) groups is 1. The Labute approximate surface area is 175 Å². The van der Waals surface area contributed by atoms with E-state index in [1.165, 1.54) is 19.2 Å². The summed E-state index contributed by atoms with van der Waals surface area (Å²) in [6.07, 6.45) is 1.48. The molecule has 0 N–H and O–H groups in total. The van der Waals surface area contributed by atoms with Gasteiger partial charge in [0.1, 0.15) is 5.82 Å². The van der Waals surface area contributed by atoms with Crippen LogP contribution in [0.2, 0.25) is 0 Å². The van der Waals surface area contributed by atoms with E-state index in [0.29, 0.717) is 12.2 Å². The van der Waals surface area contributed by atoms with Gasteiger partial charge < -0.3 is 14.4 Å². The molecule has 1 saturated carbocycles. The number of halogens is 1. The number of methoxy groups -OCH3 is 2. The molecule has 0 amide bonds. The average molecular weight is 408 g/mol. The number of likely N-dealkylation sites (N-methyl/N-ethyl adjacent to an activating group) is 1. The minimum Gasteiger partial charge on any atom is -0.493 e. The van der Waals surface area contributed by atoms with E-state index in [1.54, 1.807) is 19.2 Å². The summed E-state index contributed by atoms with van der Waals surface area (Å²) in [5.41, 5.74) is 1.79. The molecule has 0 spiro atoms. The first-order valence-corrected chi connectivity index (χ1v) is 10.0. The molecule has 1 fully saturated rings. The Kier molecular flexibility index (Phi) is 5.57. The van der Waals surface area contributed by atoms with Gasteiger partial charge in [-0.3, -0.25) is 4.79 Å². The summed E-state index contributed by atoms with van der Waals surface area (Å²) in [6, 6.07) is 16.2. The van der Waals surface area contributed by atoms with Crippen LogP contribution in [0.1, 0.15) is 24.3 Å². The van der Waals surface area contributed by atoms with Crippen LogP contribution >= 0.6 is 0 Å². The molecular formula is C24H25FN2O3. The standard InChI is InChI=1S/C24H25FN2O3/c1-27(23-21(29-2)14-16-6-4-5-7-19(16)26-23)20-13-12-18(24(28)30-3)22(20)15-8-10-17(25)11-9-15/h4-11,14,18,20,22H,12-13H2,1-3H3/t18-,20+,22-/m1/s1. The second-order valence-corrected chi connectivity index (χ2v) is 7.67. The van der Waals surface area contributed by atoms with Crippen molar-refractivity contribution in [2.75, 3.05) is 26.2 Å². The number of hydrogen-bond acceptors (Lipinski definition) is 5. The Bertz CT molecular complexity index is 1050. The highest BCUT2D eigenvalue weighted by Crippen LogP contribution is 2.45. The molecule has 1 heterocycles. The number of ether oxygens (including phenoxy) is 2. The van der Waals surface area contributed by atoms with E-state index in [2.05, 4.69) is 4.90 Å². The largest absolute Gasteiger partial charge is 0.493 e. The third-order valence-electron chi connectivity index (χ3n) is 6.10. The van der Waals surface area contributed by atoms with Gasteiger partial charge in [0.05, 0.1) is 25.7 Å². The molecule has 1 aromatic heterocycles. The normalized spacial score (nSPS) is 20.9. The van der Waals surface area contributed by atoms with E-state index < -0.39 is 0 Å². The molecular weight excluding hydrogens is 383 g/mol. The van der Waals surface area contributed by atoms with E-state index in [4.69, 9.17) is 14.5 Å². The summed E-state index contributed by atoms with van der Waals surface area (Å²) in [6.45, 7) is 0. The van der Waals surface area contributed by atoms with Crippen LogP contribution in [0.25, 0.3) is 10.9 Å². The summed E-state index contributed by atoms with van der Waals surface area (Å²) in [5, 5.41) is 1.00. The zero-order valence-corrected chi connectivity index (χ0v) is 17.3. The van der Waals surface area contributed by atoms with Gasteiger partial charge >= 0.3 is 5.97 Å². The lowest BCUT2D eigenvalue weighted by Crippen LogP contribution is -2.37. The van der Waals surface area contributed by atoms with Crippen LogP contribution in [0.4, 0.5) is 10.2 Å². The van der Waals surface area contributed by atoms with E-state index in [-0.39, 0.29) is 29.7 Å². The number of rotatable bonds is 5. The fourth-order valence-corrected chi connectivity index (χ4v) is 4.61. The molecule has 0 radical (unpaired) electrons. The predicted octanol–water partition coefficient (Wildman–Crippen LogP) is 4.55. The summed E-state index contributed by atoms with van der Waals surface area (Å²) in [5.74, 6) is 0.433. The van der Waals surface area contributed by atoms with Crippen LogP contribution in [0, 0.1) is 11.7 Å². The van der Waals surface area contributed by atoms with Crippen molar-refractivity contribution in [3.8, 4) is 5.75 Å². The molecule has 0 bridgehead atoms. The molecule has 0 aliphatic heterocycles. The van der Waals surface area contributed by atoms with E-state index in [0.717, 1.165) is 28.7 Å². The highest BCUT2D eigenvalue weighted by molar-refractivity contribution is 5.83. The number of anilines is 1. The maximum atomic E-state index is 13.5. The molecule has 3 atom stereocenters. The Balaban J connectivity index is 1.76. The molecule has 0 unspecified atom stereocenters. The third-order valence-corrected chi connectivity index (χ3v) is 6.10. The maximum Gasteiger partial charge on any atom is 0.309 e. The lowest BCUT2D eigenvalue weighted by Gasteiger charge is -2.33. The van der Waals surface area contributed by atoms with Crippen LogP contribution in [0.15, 0.2) is 54.6 Å². The molecule has 4 rings (SSSR count). The summed E-state index contributed by atoms with van der Waals surface area (Å²) < 4.78 is 24.2. The molecule has 30 heavy (non-hydrogen) atoms. The van der Waals surface area contributed by atoms with E-state index in [9.17, 15) is 9.18 Å². The number of carbonyl (C=O) groups excluding carboxylic acids is 1. The SMILES string of the molecule is COC(=O)[C@@H]1CC[C@H](N(C)c2nc3ccccc3cc2OC)[C@@H]1c1ccc(F)cc1. The van der Waals surface area contributed by atoms with Crippen molar-refractivity contribution in [2.45, 2.75) is 24.8 Å². The summed E-state index contributed by atoms with van der Waals surface area (Å²) in [4.78, 5) is 19.4. The maximum absolute atomic E-state index is 13.5. The van der Waals surface area contributed by atoms with E-state index in [1.807, 2.05) is 37.4 Å². The van der Waals surface area contributed by atoms with Crippen LogP contribution in [0.5, 0.6) is 5.75 Å². The zero-order valence-electron chi connectivity index (χ0n) is 17.3. The fourth-order valence-electron chi connectivity index (χ4n) is 4.61. The first-order valence-electron chi connectivity index (χ1n) is 10.0. The minimum absolute atomic E-state index is 0.0119. The van der Waals surface area contributed by atoms with Crippen molar-refractivity contribution in [3.05, 3.63) is 66.0 Å². The number of para-hydroxylation sites is 1.